The Bertz CT molecular complexity index is 1060. The maximum atomic E-state index is 9.78. The molecule has 0 saturated heterocycles. The number of fused-ring (bicyclic) bond motifs is 1. The lowest BCUT2D eigenvalue weighted by atomic mass is 10.1. The van der Waals surface area contributed by atoms with Gasteiger partial charge in [-0.25, -0.2) is 9.97 Å². The van der Waals surface area contributed by atoms with Gasteiger partial charge in [0.1, 0.15) is 16.9 Å². The first-order valence-corrected chi connectivity index (χ1v) is 9.31. The minimum atomic E-state index is -0.560. The summed E-state index contributed by atoms with van der Waals surface area (Å²) in [7, 11) is 0. The van der Waals surface area contributed by atoms with Crippen LogP contribution in [0.5, 0.6) is 11.6 Å². The molecule has 6 heteroatoms. The van der Waals surface area contributed by atoms with Gasteiger partial charge in [0.2, 0.25) is 5.88 Å². The summed E-state index contributed by atoms with van der Waals surface area (Å²) in [6.45, 7) is 1.72. The monoisotopic (exact) mass is 382 g/mol. The third-order valence-corrected chi connectivity index (χ3v) is 5.18. The molecule has 0 amide bonds. The zero-order valence-corrected chi connectivity index (χ0v) is 15.5. The van der Waals surface area contributed by atoms with E-state index in [1.165, 1.54) is 6.33 Å². The molecule has 0 fully saturated rings. The highest BCUT2D eigenvalue weighted by molar-refractivity contribution is 7.17. The molecule has 0 aliphatic carbocycles. The van der Waals surface area contributed by atoms with Gasteiger partial charge in [0.15, 0.2) is 0 Å². The van der Waals surface area contributed by atoms with Gasteiger partial charge in [-0.1, -0.05) is 35.9 Å². The Morgan fingerprint density at radius 2 is 1.92 bits per heavy atom. The van der Waals surface area contributed by atoms with Gasteiger partial charge in [-0.2, -0.15) is 0 Å². The summed E-state index contributed by atoms with van der Waals surface area (Å²) in [6.07, 6.45) is 0.938. The van der Waals surface area contributed by atoms with Crippen LogP contribution in [0, 0.1) is 0 Å². The van der Waals surface area contributed by atoms with Gasteiger partial charge >= 0.3 is 0 Å². The summed E-state index contributed by atoms with van der Waals surface area (Å²) in [6, 6.07) is 15.0. The molecular weight excluding hydrogens is 368 g/mol. The quantitative estimate of drug-likeness (QED) is 0.480. The molecule has 0 spiro atoms. The van der Waals surface area contributed by atoms with E-state index in [0.717, 1.165) is 26.9 Å². The van der Waals surface area contributed by atoms with E-state index in [1.807, 2.05) is 53.9 Å². The standard InChI is InChI=1S/C20H15ClN2O2S/c1-12(24)14-3-2-4-16(9-14)25-19-18-17(10-26-20(18)23-11-22-19)13-5-7-15(21)8-6-13/h2-12,24H,1H3/t12-/m1/s1. The summed E-state index contributed by atoms with van der Waals surface area (Å²) >= 11 is 7.54. The third-order valence-electron chi connectivity index (χ3n) is 4.05. The molecule has 4 aromatic rings. The van der Waals surface area contributed by atoms with Crippen molar-refractivity contribution in [3.8, 4) is 22.8 Å². The molecule has 1 atom stereocenters. The second-order valence-electron chi connectivity index (χ2n) is 5.87. The Balaban J connectivity index is 1.79. The predicted molar refractivity (Wildman–Crippen MR) is 105 cm³/mol. The first kappa shape index (κ1) is 17.0. The highest BCUT2D eigenvalue weighted by Crippen LogP contribution is 2.39. The van der Waals surface area contributed by atoms with E-state index in [2.05, 4.69) is 9.97 Å². The van der Waals surface area contributed by atoms with Gasteiger partial charge in [0.05, 0.1) is 11.5 Å². The number of benzene rings is 2. The van der Waals surface area contributed by atoms with Crippen LogP contribution in [0.25, 0.3) is 21.3 Å². The number of aliphatic hydroxyl groups is 1. The number of hydrogen-bond donors (Lipinski definition) is 1. The molecule has 0 aliphatic heterocycles. The van der Waals surface area contributed by atoms with Crippen molar-refractivity contribution in [2.75, 3.05) is 0 Å². The molecule has 0 bridgehead atoms. The molecule has 0 unspecified atom stereocenters. The fourth-order valence-electron chi connectivity index (χ4n) is 2.72. The molecule has 0 radical (unpaired) electrons. The number of aromatic nitrogens is 2. The Kier molecular flexibility index (Phi) is 4.59. The van der Waals surface area contributed by atoms with Crippen LogP contribution in [-0.4, -0.2) is 15.1 Å². The van der Waals surface area contributed by atoms with Crippen molar-refractivity contribution in [3.63, 3.8) is 0 Å². The lowest BCUT2D eigenvalue weighted by Crippen LogP contribution is -1.94. The summed E-state index contributed by atoms with van der Waals surface area (Å²) < 4.78 is 6.05. The number of rotatable bonds is 4. The molecule has 0 aliphatic rings. The maximum Gasteiger partial charge on any atom is 0.231 e. The van der Waals surface area contributed by atoms with Crippen LogP contribution in [0.3, 0.4) is 0 Å². The van der Waals surface area contributed by atoms with E-state index in [0.29, 0.717) is 16.7 Å². The van der Waals surface area contributed by atoms with E-state index in [-0.39, 0.29) is 0 Å². The summed E-state index contributed by atoms with van der Waals surface area (Å²) in [5.41, 5.74) is 2.82. The molecule has 2 heterocycles. The van der Waals surface area contributed by atoms with E-state index < -0.39 is 6.10 Å². The molecule has 26 heavy (non-hydrogen) atoms. The van der Waals surface area contributed by atoms with Crippen molar-refractivity contribution in [1.82, 2.24) is 9.97 Å². The molecule has 0 saturated carbocycles. The second-order valence-corrected chi connectivity index (χ2v) is 7.16. The van der Waals surface area contributed by atoms with E-state index in [4.69, 9.17) is 16.3 Å². The van der Waals surface area contributed by atoms with Gasteiger partial charge in [-0.05, 0) is 42.3 Å². The number of thiophene rings is 1. The fourth-order valence-corrected chi connectivity index (χ4v) is 3.75. The minimum Gasteiger partial charge on any atom is -0.438 e. The highest BCUT2D eigenvalue weighted by Gasteiger charge is 2.15. The van der Waals surface area contributed by atoms with E-state index in [9.17, 15) is 5.11 Å². The molecule has 4 nitrogen and oxygen atoms in total. The third kappa shape index (κ3) is 3.29. The molecule has 2 aromatic heterocycles. The number of halogens is 1. The molecule has 2 aromatic carbocycles. The number of nitrogens with zero attached hydrogens (tertiary/aromatic N) is 2. The molecular formula is C20H15ClN2O2S. The van der Waals surface area contributed by atoms with Crippen LogP contribution in [0.15, 0.2) is 60.2 Å². The van der Waals surface area contributed by atoms with Crippen LogP contribution in [0.4, 0.5) is 0 Å². The van der Waals surface area contributed by atoms with Crippen molar-refractivity contribution in [2.45, 2.75) is 13.0 Å². The van der Waals surface area contributed by atoms with Crippen molar-refractivity contribution in [3.05, 3.63) is 70.8 Å². The van der Waals surface area contributed by atoms with Gasteiger partial charge in [-0.15, -0.1) is 11.3 Å². The number of aliphatic hydroxyl groups excluding tert-OH is 1. The summed E-state index contributed by atoms with van der Waals surface area (Å²) in [5.74, 6) is 1.11. The van der Waals surface area contributed by atoms with Crippen LogP contribution in [-0.2, 0) is 0 Å². The van der Waals surface area contributed by atoms with Gasteiger partial charge in [-0.3, -0.25) is 0 Å². The Morgan fingerprint density at radius 1 is 1.12 bits per heavy atom. The molecule has 1 N–H and O–H groups in total. The molecule has 130 valence electrons. The van der Waals surface area contributed by atoms with Crippen LogP contribution < -0.4 is 4.74 Å². The van der Waals surface area contributed by atoms with Gasteiger partial charge in [0, 0.05) is 16.0 Å². The second kappa shape index (κ2) is 7.03. The summed E-state index contributed by atoms with van der Waals surface area (Å²) in [4.78, 5) is 9.55. The first-order valence-electron chi connectivity index (χ1n) is 8.06. The maximum absolute atomic E-state index is 9.78. The van der Waals surface area contributed by atoms with E-state index >= 15 is 0 Å². The normalized spacial score (nSPS) is 12.3. The minimum absolute atomic E-state index is 0.490. The smallest absolute Gasteiger partial charge is 0.231 e. The van der Waals surface area contributed by atoms with E-state index in [1.54, 1.807) is 18.3 Å². The van der Waals surface area contributed by atoms with Crippen LogP contribution in [0.2, 0.25) is 5.02 Å². The zero-order valence-electron chi connectivity index (χ0n) is 13.9. The van der Waals surface area contributed by atoms with Gasteiger partial charge in [0.25, 0.3) is 0 Å². The fraction of sp³-hybridized carbons (Fsp3) is 0.100. The topological polar surface area (TPSA) is 55.2 Å². The van der Waals surface area contributed by atoms with Crippen molar-refractivity contribution in [1.29, 1.82) is 0 Å². The lowest BCUT2D eigenvalue weighted by molar-refractivity contribution is 0.199. The lowest BCUT2D eigenvalue weighted by Gasteiger charge is -2.10. The highest BCUT2D eigenvalue weighted by atomic mass is 35.5. The largest absolute Gasteiger partial charge is 0.438 e. The van der Waals surface area contributed by atoms with Gasteiger partial charge < -0.3 is 9.84 Å². The predicted octanol–water partition coefficient (Wildman–Crippen LogP) is 5.86. The van der Waals surface area contributed by atoms with Crippen molar-refractivity contribution >= 4 is 33.2 Å². The Morgan fingerprint density at radius 3 is 2.69 bits per heavy atom. The number of ether oxygens (including phenoxy) is 1. The Hall–Kier alpha value is -2.47. The summed E-state index contributed by atoms with van der Waals surface area (Å²) in [5, 5.41) is 13.4. The van der Waals surface area contributed by atoms with Crippen molar-refractivity contribution < 1.29 is 9.84 Å². The van der Waals surface area contributed by atoms with Crippen LogP contribution in [0.1, 0.15) is 18.6 Å². The van der Waals surface area contributed by atoms with Crippen LogP contribution >= 0.6 is 22.9 Å². The average Bonchev–Trinajstić information content (AvgIpc) is 3.08. The van der Waals surface area contributed by atoms with Crippen molar-refractivity contribution in [2.24, 2.45) is 0 Å². The SMILES string of the molecule is C[C@@H](O)c1cccc(Oc2ncnc3scc(-c4ccc(Cl)cc4)c23)c1. The average molecular weight is 383 g/mol. The molecule has 4 rings (SSSR count). The first-order chi connectivity index (χ1) is 12.6. The number of hydrogen-bond acceptors (Lipinski definition) is 5. The zero-order chi connectivity index (χ0) is 18.1. The Labute approximate surface area is 159 Å².